The number of nitrogens with one attached hydrogen (secondary N) is 1. The maximum atomic E-state index is 9.13. The number of phenolic OH excluding ortho intramolecular Hbond substituents is 1. The molecule has 1 aromatic carbocycles. The van der Waals surface area contributed by atoms with Gasteiger partial charge >= 0.3 is 0 Å². The third kappa shape index (κ3) is 1.97. The van der Waals surface area contributed by atoms with E-state index in [1.165, 1.54) is 0 Å². The number of nitrogens with zero attached hydrogens (tertiary/aromatic N) is 2. The summed E-state index contributed by atoms with van der Waals surface area (Å²) in [7, 11) is 0. The maximum Gasteiger partial charge on any atom is 0.181 e. The first-order chi connectivity index (χ1) is 7.16. The number of aromatic amines is 1. The number of hydrogen-bond donors (Lipinski definition) is 3. The van der Waals surface area contributed by atoms with Crippen LogP contribution in [0.25, 0.3) is 11.4 Å². The van der Waals surface area contributed by atoms with Gasteiger partial charge in [0, 0.05) is 5.56 Å². The van der Waals surface area contributed by atoms with Crippen molar-refractivity contribution in [3.05, 3.63) is 30.1 Å². The zero-order valence-electron chi connectivity index (χ0n) is 8.31. The van der Waals surface area contributed by atoms with E-state index in [9.17, 15) is 0 Å². The van der Waals surface area contributed by atoms with Crippen LogP contribution in [0.5, 0.6) is 5.75 Å². The summed E-state index contributed by atoms with van der Waals surface area (Å²) in [6.45, 7) is 1.83. The molecule has 0 aliphatic rings. The first-order valence-electron chi connectivity index (χ1n) is 4.64. The van der Waals surface area contributed by atoms with E-state index in [4.69, 9.17) is 10.8 Å². The van der Waals surface area contributed by atoms with E-state index in [2.05, 4.69) is 15.2 Å². The third-order valence-corrected chi connectivity index (χ3v) is 2.06. The topological polar surface area (TPSA) is 87.8 Å². The Morgan fingerprint density at radius 1 is 1.33 bits per heavy atom. The van der Waals surface area contributed by atoms with Crippen LogP contribution in [0.1, 0.15) is 18.8 Å². The van der Waals surface area contributed by atoms with Crippen LogP contribution in [-0.2, 0) is 0 Å². The molecule has 0 aliphatic carbocycles. The van der Waals surface area contributed by atoms with Crippen molar-refractivity contribution in [2.24, 2.45) is 5.73 Å². The van der Waals surface area contributed by atoms with Crippen molar-refractivity contribution in [1.82, 2.24) is 15.2 Å². The Hall–Kier alpha value is -1.88. The van der Waals surface area contributed by atoms with Gasteiger partial charge < -0.3 is 10.8 Å². The lowest BCUT2D eigenvalue weighted by molar-refractivity contribution is 0.475. The molecule has 0 bridgehead atoms. The fraction of sp³-hybridized carbons (Fsp3) is 0.200. The molecule has 0 unspecified atom stereocenters. The monoisotopic (exact) mass is 204 g/mol. The summed E-state index contributed by atoms with van der Waals surface area (Å²) in [4.78, 5) is 4.24. The predicted molar refractivity (Wildman–Crippen MR) is 56.1 cm³/mol. The molecule has 0 spiro atoms. The molecule has 0 fully saturated rings. The number of benzene rings is 1. The van der Waals surface area contributed by atoms with Crippen LogP contribution in [-0.4, -0.2) is 20.3 Å². The lowest BCUT2D eigenvalue weighted by Gasteiger charge is -1.96. The molecule has 5 nitrogen and oxygen atoms in total. The minimum atomic E-state index is -0.164. The molecule has 0 saturated carbocycles. The smallest absolute Gasteiger partial charge is 0.181 e. The van der Waals surface area contributed by atoms with Crippen molar-refractivity contribution in [3.8, 4) is 17.1 Å². The largest absolute Gasteiger partial charge is 0.508 e. The zero-order chi connectivity index (χ0) is 10.8. The van der Waals surface area contributed by atoms with E-state index in [0.29, 0.717) is 11.6 Å². The van der Waals surface area contributed by atoms with Gasteiger partial charge in [-0.15, -0.1) is 0 Å². The summed E-state index contributed by atoms with van der Waals surface area (Å²) in [5.41, 5.74) is 6.50. The van der Waals surface area contributed by atoms with Crippen LogP contribution >= 0.6 is 0 Å². The zero-order valence-corrected chi connectivity index (χ0v) is 8.31. The Bertz CT molecular complexity index is 447. The second-order valence-corrected chi connectivity index (χ2v) is 3.38. The SMILES string of the molecule is C[C@@H](N)c1nc(-c2ccc(O)cc2)n[nH]1. The molecule has 2 aromatic rings. The van der Waals surface area contributed by atoms with Crippen LogP contribution in [0.2, 0.25) is 0 Å². The molecule has 1 atom stereocenters. The molecule has 1 heterocycles. The van der Waals surface area contributed by atoms with E-state index < -0.39 is 0 Å². The minimum Gasteiger partial charge on any atom is -0.508 e. The normalized spacial score (nSPS) is 12.7. The maximum absolute atomic E-state index is 9.13. The van der Waals surface area contributed by atoms with Crippen LogP contribution in [0, 0.1) is 0 Å². The van der Waals surface area contributed by atoms with Gasteiger partial charge in [0.2, 0.25) is 0 Å². The van der Waals surface area contributed by atoms with Gasteiger partial charge in [0.05, 0.1) is 6.04 Å². The molecular formula is C10H12N4O. The average Bonchev–Trinajstić information content (AvgIpc) is 2.68. The molecule has 78 valence electrons. The third-order valence-electron chi connectivity index (χ3n) is 2.06. The quantitative estimate of drug-likeness (QED) is 0.685. The van der Waals surface area contributed by atoms with Crippen LogP contribution < -0.4 is 5.73 Å². The van der Waals surface area contributed by atoms with Gasteiger partial charge in [-0.3, -0.25) is 5.10 Å². The molecule has 0 aliphatic heterocycles. The molecule has 0 amide bonds. The highest BCUT2D eigenvalue weighted by Crippen LogP contribution is 2.18. The second kappa shape index (κ2) is 3.70. The standard InChI is InChI=1S/C10H12N4O/c1-6(11)9-12-10(14-13-9)7-2-4-8(15)5-3-7/h2-6,15H,11H2,1H3,(H,12,13,14)/t6-/m1/s1. The number of hydrogen-bond acceptors (Lipinski definition) is 4. The molecule has 5 heteroatoms. The van der Waals surface area contributed by atoms with Gasteiger partial charge in [-0.25, -0.2) is 4.98 Å². The molecule has 2 rings (SSSR count). The number of nitrogens with two attached hydrogens (primary N) is 1. The Balaban J connectivity index is 2.33. The molecule has 0 saturated heterocycles. The van der Waals surface area contributed by atoms with Crippen molar-refractivity contribution in [1.29, 1.82) is 0 Å². The predicted octanol–water partition coefficient (Wildman–Crippen LogP) is 1.20. The van der Waals surface area contributed by atoms with Gasteiger partial charge in [0.15, 0.2) is 5.82 Å². The summed E-state index contributed by atoms with van der Waals surface area (Å²) in [5, 5.41) is 15.9. The average molecular weight is 204 g/mol. The van der Waals surface area contributed by atoms with Gasteiger partial charge in [-0.05, 0) is 31.2 Å². The van der Waals surface area contributed by atoms with E-state index in [1.54, 1.807) is 24.3 Å². The van der Waals surface area contributed by atoms with Crippen LogP contribution in [0.15, 0.2) is 24.3 Å². The molecule has 15 heavy (non-hydrogen) atoms. The van der Waals surface area contributed by atoms with Crippen molar-refractivity contribution >= 4 is 0 Å². The summed E-state index contributed by atoms with van der Waals surface area (Å²) < 4.78 is 0. The van der Waals surface area contributed by atoms with Crippen molar-refractivity contribution in [2.75, 3.05) is 0 Å². The number of H-pyrrole nitrogens is 1. The van der Waals surface area contributed by atoms with E-state index >= 15 is 0 Å². The van der Waals surface area contributed by atoms with E-state index in [1.807, 2.05) is 6.92 Å². The van der Waals surface area contributed by atoms with Gasteiger partial charge in [-0.2, -0.15) is 5.10 Å². The first-order valence-corrected chi connectivity index (χ1v) is 4.64. The Labute approximate surface area is 87.0 Å². The lowest BCUT2D eigenvalue weighted by Crippen LogP contribution is -2.06. The van der Waals surface area contributed by atoms with Gasteiger partial charge in [0.25, 0.3) is 0 Å². The van der Waals surface area contributed by atoms with E-state index in [-0.39, 0.29) is 11.8 Å². The summed E-state index contributed by atoms with van der Waals surface area (Å²) in [5.74, 6) is 1.46. The summed E-state index contributed by atoms with van der Waals surface area (Å²) in [6.07, 6.45) is 0. The number of rotatable bonds is 2. The van der Waals surface area contributed by atoms with Crippen LogP contribution in [0.4, 0.5) is 0 Å². The molecule has 1 aromatic heterocycles. The number of aromatic hydroxyl groups is 1. The molecule has 4 N–H and O–H groups in total. The minimum absolute atomic E-state index is 0.164. The highest BCUT2D eigenvalue weighted by atomic mass is 16.3. The fourth-order valence-electron chi connectivity index (χ4n) is 1.22. The number of aromatic nitrogens is 3. The van der Waals surface area contributed by atoms with Crippen molar-refractivity contribution in [3.63, 3.8) is 0 Å². The fourth-order valence-corrected chi connectivity index (χ4v) is 1.22. The van der Waals surface area contributed by atoms with Crippen LogP contribution in [0.3, 0.4) is 0 Å². The first kappa shape index (κ1) is 9.67. The molecule has 0 radical (unpaired) electrons. The highest BCUT2D eigenvalue weighted by molar-refractivity contribution is 5.55. The molecular weight excluding hydrogens is 192 g/mol. The van der Waals surface area contributed by atoms with Gasteiger partial charge in [0.1, 0.15) is 11.6 Å². The number of phenols is 1. The highest BCUT2D eigenvalue weighted by Gasteiger charge is 2.08. The second-order valence-electron chi connectivity index (χ2n) is 3.38. The lowest BCUT2D eigenvalue weighted by atomic mass is 10.2. The van der Waals surface area contributed by atoms with E-state index in [0.717, 1.165) is 5.56 Å². The van der Waals surface area contributed by atoms with Crippen molar-refractivity contribution < 1.29 is 5.11 Å². The van der Waals surface area contributed by atoms with Gasteiger partial charge in [-0.1, -0.05) is 0 Å². The summed E-state index contributed by atoms with van der Waals surface area (Å²) >= 11 is 0. The Morgan fingerprint density at radius 2 is 2.00 bits per heavy atom. The Morgan fingerprint density at radius 3 is 2.53 bits per heavy atom. The van der Waals surface area contributed by atoms with Crippen molar-refractivity contribution in [2.45, 2.75) is 13.0 Å². The summed E-state index contributed by atoms with van der Waals surface area (Å²) in [6, 6.07) is 6.53. The Kier molecular flexibility index (Phi) is 2.39.